The third-order valence-electron chi connectivity index (χ3n) is 3.71. The lowest BCUT2D eigenvalue weighted by atomic mass is 9.96. The fourth-order valence-corrected chi connectivity index (χ4v) is 4.13. The van der Waals surface area contributed by atoms with Gasteiger partial charge in [0.25, 0.3) is 0 Å². The zero-order valence-electron chi connectivity index (χ0n) is 12.9. The van der Waals surface area contributed by atoms with E-state index in [0.717, 1.165) is 28.1 Å². The molecule has 1 aromatic rings. The van der Waals surface area contributed by atoms with Crippen molar-refractivity contribution in [1.82, 2.24) is 0 Å². The average Bonchev–Trinajstić information content (AvgIpc) is 2.48. The van der Waals surface area contributed by atoms with E-state index < -0.39 is 0 Å². The molecule has 0 radical (unpaired) electrons. The van der Waals surface area contributed by atoms with Crippen LogP contribution < -0.4 is 0 Å². The van der Waals surface area contributed by atoms with Crippen molar-refractivity contribution in [2.24, 2.45) is 0 Å². The zero-order chi connectivity index (χ0) is 16.3. The van der Waals surface area contributed by atoms with Crippen molar-refractivity contribution in [2.45, 2.75) is 49.7 Å². The van der Waals surface area contributed by atoms with E-state index in [4.69, 9.17) is 21.1 Å². The molecule has 3 nitrogen and oxygen atoms in total. The van der Waals surface area contributed by atoms with Crippen LogP contribution in [0.5, 0.6) is 0 Å². The second kappa shape index (κ2) is 8.04. The lowest BCUT2D eigenvalue weighted by molar-refractivity contribution is -0.155. The molecule has 2 rings (SSSR count). The maximum atomic E-state index is 11.3. The molecule has 1 fully saturated rings. The van der Waals surface area contributed by atoms with E-state index in [0.29, 0.717) is 11.8 Å². The van der Waals surface area contributed by atoms with Crippen LogP contribution in [0.1, 0.15) is 42.6 Å². The van der Waals surface area contributed by atoms with Gasteiger partial charge >= 0.3 is 5.97 Å². The van der Waals surface area contributed by atoms with Crippen LogP contribution in [0.15, 0.2) is 12.1 Å². The monoisotopic (exact) mass is 406 g/mol. The van der Waals surface area contributed by atoms with E-state index in [2.05, 4.69) is 28.1 Å². The van der Waals surface area contributed by atoms with Gasteiger partial charge in [0.1, 0.15) is 11.5 Å². The number of rotatable bonds is 4. The van der Waals surface area contributed by atoms with Crippen molar-refractivity contribution < 1.29 is 14.3 Å². The molecule has 1 heterocycles. The van der Waals surface area contributed by atoms with Gasteiger partial charge in [-0.3, -0.25) is 4.79 Å². The fraction of sp³-hybridized carbons (Fsp3) is 0.562. The number of esters is 1. The lowest BCUT2D eigenvalue weighted by Gasteiger charge is -2.34. The molecule has 1 aromatic carbocycles. The first-order valence-electron chi connectivity index (χ1n) is 7.15. The third kappa shape index (κ3) is 4.40. The number of hydrogen-bond donors (Lipinski definition) is 0. The molecule has 0 unspecified atom stereocenters. The van der Waals surface area contributed by atoms with E-state index in [1.165, 1.54) is 6.92 Å². The van der Waals surface area contributed by atoms with Crippen LogP contribution in [0.2, 0.25) is 5.02 Å². The number of carbonyl (C=O) groups excluding carboxylic acids is 1. The number of thioether (sulfide) groups is 1. The summed E-state index contributed by atoms with van der Waals surface area (Å²) >= 11 is 11.4. The number of alkyl halides is 1. The lowest BCUT2D eigenvalue weighted by Crippen LogP contribution is -2.32. The summed E-state index contributed by atoms with van der Waals surface area (Å²) in [5, 5.41) is 1.49. The highest BCUT2D eigenvalue weighted by atomic mass is 79.9. The number of hydrogen-bond acceptors (Lipinski definition) is 4. The van der Waals surface area contributed by atoms with Gasteiger partial charge in [-0.2, -0.15) is 0 Å². The molecule has 3 atom stereocenters. The first-order chi connectivity index (χ1) is 10.4. The molecule has 1 aliphatic heterocycles. The summed E-state index contributed by atoms with van der Waals surface area (Å²) in [4.78, 5) is 11.3. The third-order valence-corrected chi connectivity index (χ3v) is 5.69. The second-order valence-corrected chi connectivity index (χ2v) is 7.37. The van der Waals surface area contributed by atoms with Crippen LogP contribution >= 0.6 is 39.3 Å². The van der Waals surface area contributed by atoms with Gasteiger partial charge in [-0.05, 0) is 29.9 Å². The Kier molecular flexibility index (Phi) is 6.62. The normalized spacial score (nSPS) is 25.0. The topological polar surface area (TPSA) is 35.5 Å². The van der Waals surface area contributed by atoms with E-state index in [1.54, 1.807) is 11.8 Å². The van der Waals surface area contributed by atoms with Crippen LogP contribution in [0.4, 0.5) is 0 Å². The van der Waals surface area contributed by atoms with Crippen LogP contribution in [-0.4, -0.2) is 23.8 Å². The second-order valence-electron chi connectivity index (χ2n) is 5.44. The fourth-order valence-electron chi connectivity index (χ4n) is 2.70. The maximum Gasteiger partial charge on any atom is 0.302 e. The Bertz CT molecular complexity index is 552. The molecule has 22 heavy (non-hydrogen) atoms. The average molecular weight is 408 g/mol. The molecule has 1 saturated heterocycles. The number of benzene rings is 1. The van der Waals surface area contributed by atoms with Crippen molar-refractivity contribution in [3.63, 3.8) is 0 Å². The predicted octanol–water partition coefficient (Wildman–Crippen LogP) is 5.02. The molecular weight excluding hydrogens is 388 g/mol. The Morgan fingerprint density at radius 1 is 1.50 bits per heavy atom. The molecule has 122 valence electrons. The van der Waals surface area contributed by atoms with Crippen molar-refractivity contribution in [3.8, 4) is 0 Å². The van der Waals surface area contributed by atoms with Crippen LogP contribution in [0, 0.1) is 6.92 Å². The number of ether oxygens (including phenoxy) is 2. The summed E-state index contributed by atoms with van der Waals surface area (Å²) in [6, 6.07) is 4.13. The minimum Gasteiger partial charge on any atom is -0.462 e. The van der Waals surface area contributed by atoms with Crippen LogP contribution in [-0.2, 0) is 19.6 Å². The molecule has 6 heteroatoms. The van der Waals surface area contributed by atoms with Gasteiger partial charge < -0.3 is 9.47 Å². The van der Waals surface area contributed by atoms with Gasteiger partial charge in [-0.25, -0.2) is 0 Å². The summed E-state index contributed by atoms with van der Waals surface area (Å²) < 4.78 is 11.6. The highest BCUT2D eigenvalue weighted by Gasteiger charge is 2.32. The first kappa shape index (κ1) is 18.1. The number of halogens is 2. The standard InChI is InChI=1S/C16H20BrClO3S/c1-9-4-11(5-12(8-17)16(9)18)14-6-13(20-10(2)19)7-15(21-14)22-3/h4-5,13-15H,6-8H2,1-3H3/t13-,14-,15-/m1/s1. The summed E-state index contributed by atoms with van der Waals surface area (Å²) in [6.07, 6.45) is 3.24. The summed E-state index contributed by atoms with van der Waals surface area (Å²) in [5.74, 6) is -0.237. The van der Waals surface area contributed by atoms with Crippen molar-refractivity contribution >= 4 is 45.3 Å². The van der Waals surface area contributed by atoms with Crippen LogP contribution in [0.25, 0.3) is 0 Å². The Morgan fingerprint density at radius 3 is 2.82 bits per heavy atom. The van der Waals surface area contributed by atoms with E-state index in [-0.39, 0.29) is 23.6 Å². The Morgan fingerprint density at radius 2 is 2.23 bits per heavy atom. The van der Waals surface area contributed by atoms with Gasteiger partial charge in [-0.15, -0.1) is 11.8 Å². The van der Waals surface area contributed by atoms with Crippen molar-refractivity contribution in [2.75, 3.05) is 6.26 Å². The Hall–Kier alpha value is -0.230. The highest BCUT2D eigenvalue weighted by Crippen LogP contribution is 2.38. The molecule has 0 spiro atoms. The van der Waals surface area contributed by atoms with Gasteiger partial charge in [0.05, 0.1) is 6.10 Å². The smallest absolute Gasteiger partial charge is 0.302 e. The van der Waals surface area contributed by atoms with E-state index >= 15 is 0 Å². The summed E-state index contributed by atoms with van der Waals surface area (Å²) in [5.41, 5.74) is 3.21. The summed E-state index contributed by atoms with van der Waals surface area (Å²) in [6.45, 7) is 3.45. The van der Waals surface area contributed by atoms with Gasteiger partial charge in [0.2, 0.25) is 0 Å². The van der Waals surface area contributed by atoms with Gasteiger partial charge in [0.15, 0.2) is 0 Å². The van der Waals surface area contributed by atoms with Crippen molar-refractivity contribution in [1.29, 1.82) is 0 Å². The summed E-state index contributed by atoms with van der Waals surface area (Å²) in [7, 11) is 0. The molecule has 0 amide bonds. The molecule has 0 aliphatic carbocycles. The predicted molar refractivity (Wildman–Crippen MR) is 94.7 cm³/mol. The quantitative estimate of drug-likeness (QED) is 0.519. The van der Waals surface area contributed by atoms with Crippen molar-refractivity contribution in [3.05, 3.63) is 33.8 Å². The maximum absolute atomic E-state index is 11.3. The largest absolute Gasteiger partial charge is 0.462 e. The van der Waals surface area contributed by atoms with Gasteiger partial charge in [0, 0.05) is 30.1 Å². The molecule has 0 saturated carbocycles. The number of carbonyl (C=O) groups is 1. The molecule has 0 aromatic heterocycles. The highest BCUT2D eigenvalue weighted by molar-refractivity contribution is 9.08. The Balaban J connectivity index is 2.26. The molecule has 0 bridgehead atoms. The van der Waals surface area contributed by atoms with E-state index in [1.807, 2.05) is 13.2 Å². The number of aryl methyl sites for hydroxylation is 1. The SMILES string of the molecule is CS[C@@H]1C[C@H](OC(C)=O)C[C@H](c2cc(C)c(Cl)c(CBr)c2)O1. The molecular formula is C16H20BrClO3S. The Labute approximate surface area is 149 Å². The van der Waals surface area contributed by atoms with Gasteiger partial charge in [-0.1, -0.05) is 39.7 Å². The zero-order valence-corrected chi connectivity index (χ0v) is 16.1. The molecule has 1 aliphatic rings. The minimum absolute atomic E-state index is 0.0338. The minimum atomic E-state index is -0.237. The van der Waals surface area contributed by atoms with E-state index in [9.17, 15) is 4.79 Å². The first-order valence-corrected chi connectivity index (χ1v) is 9.93. The molecule has 0 N–H and O–H groups in total. The van der Waals surface area contributed by atoms with Crippen LogP contribution in [0.3, 0.4) is 0 Å².